The molecule has 0 spiro atoms. The Morgan fingerprint density at radius 3 is 2.27 bits per heavy atom. The SMILES string of the molecule is CC[C@H](C)[C@@H](F)C(=O)N1[C@@H](C)CC[C@@H]1C. The summed E-state index contributed by atoms with van der Waals surface area (Å²) in [6, 6.07) is 0.407. The Morgan fingerprint density at radius 1 is 1.40 bits per heavy atom. The van der Waals surface area contributed by atoms with E-state index in [0.717, 1.165) is 12.8 Å². The highest BCUT2D eigenvalue weighted by molar-refractivity contribution is 5.82. The number of halogens is 1. The Bertz CT molecular complexity index is 222. The second kappa shape index (κ2) is 4.95. The topological polar surface area (TPSA) is 20.3 Å². The molecule has 4 atom stereocenters. The van der Waals surface area contributed by atoms with E-state index in [0.29, 0.717) is 6.42 Å². The maximum absolute atomic E-state index is 13.8. The zero-order valence-electron chi connectivity index (χ0n) is 10.2. The molecule has 0 saturated carbocycles. The Hall–Kier alpha value is -0.600. The molecule has 0 bridgehead atoms. The van der Waals surface area contributed by atoms with Crippen molar-refractivity contribution in [2.45, 2.75) is 65.2 Å². The largest absolute Gasteiger partial charge is 0.335 e. The Balaban J connectivity index is 2.66. The Labute approximate surface area is 91.8 Å². The molecular formula is C12H22FNO. The molecule has 2 nitrogen and oxygen atoms in total. The van der Waals surface area contributed by atoms with E-state index in [1.54, 1.807) is 11.8 Å². The first kappa shape index (κ1) is 12.5. The van der Waals surface area contributed by atoms with Gasteiger partial charge in [0.15, 0.2) is 6.17 Å². The second-order valence-electron chi connectivity index (χ2n) is 4.81. The minimum atomic E-state index is -1.32. The number of hydrogen-bond acceptors (Lipinski definition) is 1. The van der Waals surface area contributed by atoms with E-state index in [4.69, 9.17) is 0 Å². The van der Waals surface area contributed by atoms with Gasteiger partial charge in [-0.25, -0.2) is 4.39 Å². The Kier molecular flexibility index (Phi) is 4.12. The first-order valence-electron chi connectivity index (χ1n) is 5.95. The summed E-state index contributed by atoms with van der Waals surface area (Å²) in [6.07, 6.45) is 1.39. The molecule has 0 radical (unpaired) electrons. The van der Waals surface area contributed by atoms with Crippen LogP contribution in [0.25, 0.3) is 0 Å². The van der Waals surface area contributed by atoms with Gasteiger partial charge in [0.1, 0.15) is 0 Å². The summed E-state index contributed by atoms with van der Waals surface area (Å²) in [4.78, 5) is 13.7. The number of carbonyl (C=O) groups is 1. The zero-order chi connectivity index (χ0) is 11.6. The normalized spacial score (nSPS) is 30.3. The first-order valence-corrected chi connectivity index (χ1v) is 5.95. The standard InChI is InChI=1S/C12H22FNO/c1-5-8(2)11(13)12(15)14-9(3)6-7-10(14)4/h8-11H,5-7H2,1-4H3/t8-,9-,10-,11+/m0/s1. The average molecular weight is 215 g/mol. The van der Waals surface area contributed by atoms with Crippen molar-refractivity contribution in [3.05, 3.63) is 0 Å². The van der Waals surface area contributed by atoms with Crippen LogP contribution in [0.4, 0.5) is 4.39 Å². The van der Waals surface area contributed by atoms with E-state index >= 15 is 0 Å². The van der Waals surface area contributed by atoms with Crippen LogP contribution in [0.2, 0.25) is 0 Å². The van der Waals surface area contributed by atoms with E-state index in [9.17, 15) is 9.18 Å². The molecule has 0 N–H and O–H groups in total. The predicted molar refractivity (Wildman–Crippen MR) is 59.4 cm³/mol. The molecule has 88 valence electrons. The molecule has 0 aliphatic carbocycles. The van der Waals surface area contributed by atoms with E-state index in [-0.39, 0.29) is 23.9 Å². The van der Waals surface area contributed by atoms with Crippen LogP contribution >= 0.6 is 0 Å². The van der Waals surface area contributed by atoms with Crippen molar-refractivity contribution in [2.24, 2.45) is 5.92 Å². The molecule has 0 aromatic heterocycles. The van der Waals surface area contributed by atoms with Crippen molar-refractivity contribution in [3.63, 3.8) is 0 Å². The lowest BCUT2D eigenvalue weighted by molar-refractivity contribution is -0.140. The van der Waals surface area contributed by atoms with Crippen LogP contribution in [-0.2, 0) is 4.79 Å². The molecule has 0 aromatic rings. The highest BCUT2D eigenvalue weighted by Crippen LogP contribution is 2.26. The van der Waals surface area contributed by atoms with Crippen molar-refractivity contribution in [3.8, 4) is 0 Å². The summed E-state index contributed by atoms with van der Waals surface area (Å²) in [6.45, 7) is 7.73. The summed E-state index contributed by atoms with van der Waals surface area (Å²) in [7, 11) is 0. The minimum Gasteiger partial charge on any atom is -0.335 e. The van der Waals surface area contributed by atoms with Crippen LogP contribution in [-0.4, -0.2) is 29.1 Å². The average Bonchev–Trinajstić information content (AvgIpc) is 2.55. The van der Waals surface area contributed by atoms with Crippen LogP contribution in [0.15, 0.2) is 0 Å². The predicted octanol–water partition coefficient (Wildman–Crippen LogP) is 2.77. The number of likely N-dealkylation sites (tertiary alicyclic amines) is 1. The van der Waals surface area contributed by atoms with Crippen molar-refractivity contribution < 1.29 is 9.18 Å². The lowest BCUT2D eigenvalue weighted by Crippen LogP contribution is -2.45. The van der Waals surface area contributed by atoms with Gasteiger partial charge in [-0.1, -0.05) is 20.3 Å². The van der Waals surface area contributed by atoms with Gasteiger partial charge in [-0.2, -0.15) is 0 Å². The fraction of sp³-hybridized carbons (Fsp3) is 0.917. The van der Waals surface area contributed by atoms with Gasteiger partial charge in [0.2, 0.25) is 0 Å². The number of hydrogen-bond donors (Lipinski definition) is 0. The van der Waals surface area contributed by atoms with Gasteiger partial charge in [-0.15, -0.1) is 0 Å². The molecular weight excluding hydrogens is 193 g/mol. The van der Waals surface area contributed by atoms with Gasteiger partial charge in [-0.05, 0) is 32.6 Å². The zero-order valence-corrected chi connectivity index (χ0v) is 10.2. The molecule has 1 aliphatic heterocycles. The molecule has 1 heterocycles. The molecule has 0 unspecified atom stereocenters. The van der Waals surface area contributed by atoms with Gasteiger partial charge in [0.25, 0.3) is 5.91 Å². The molecule has 1 fully saturated rings. The fourth-order valence-electron chi connectivity index (χ4n) is 2.22. The van der Waals surface area contributed by atoms with Gasteiger partial charge in [-0.3, -0.25) is 4.79 Å². The van der Waals surface area contributed by atoms with Crippen LogP contribution in [0.1, 0.15) is 47.0 Å². The summed E-state index contributed by atoms with van der Waals surface area (Å²) in [5.41, 5.74) is 0. The van der Waals surface area contributed by atoms with Crippen LogP contribution in [0, 0.1) is 5.92 Å². The molecule has 1 amide bonds. The minimum absolute atomic E-state index is 0.169. The summed E-state index contributed by atoms with van der Waals surface area (Å²) in [5.74, 6) is -0.473. The summed E-state index contributed by atoms with van der Waals surface area (Å²) < 4.78 is 13.8. The van der Waals surface area contributed by atoms with Crippen molar-refractivity contribution >= 4 is 5.91 Å². The number of alkyl halides is 1. The molecule has 3 heteroatoms. The highest BCUT2D eigenvalue weighted by Gasteiger charge is 2.36. The smallest absolute Gasteiger partial charge is 0.257 e. The second-order valence-corrected chi connectivity index (χ2v) is 4.81. The van der Waals surface area contributed by atoms with Crippen LogP contribution < -0.4 is 0 Å². The maximum atomic E-state index is 13.8. The van der Waals surface area contributed by atoms with Gasteiger partial charge >= 0.3 is 0 Å². The van der Waals surface area contributed by atoms with Crippen LogP contribution in [0.5, 0.6) is 0 Å². The number of carbonyl (C=O) groups excluding carboxylic acids is 1. The van der Waals surface area contributed by atoms with E-state index in [1.807, 2.05) is 20.8 Å². The third-order valence-electron chi connectivity index (χ3n) is 3.59. The summed E-state index contributed by atoms with van der Waals surface area (Å²) >= 11 is 0. The molecule has 1 saturated heterocycles. The molecule has 15 heavy (non-hydrogen) atoms. The Morgan fingerprint density at radius 2 is 1.87 bits per heavy atom. The highest BCUT2D eigenvalue weighted by atomic mass is 19.1. The lowest BCUT2D eigenvalue weighted by Gasteiger charge is -2.29. The van der Waals surface area contributed by atoms with Gasteiger partial charge in [0, 0.05) is 12.1 Å². The molecule has 0 aromatic carbocycles. The molecule has 1 aliphatic rings. The fourth-order valence-corrected chi connectivity index (χ4v) is 2.22. The van der Waals surface area contributed by atoms with Crippen molar-refractivity contribution in [1.29, 1.82) is 0 Å². The monoisotopic (exact) mass is 215 g/mol. The summed E-state index contributed by atoms with van der Waals surface area (Å²) in [5, 5.41) is 0. The van der Waals surface area contributed by atoms with Crippen LogP contribution in [0.3, 0.4) is 0 Å². The van der Waals surface area contributed by atoms with Crippen molar-refractivity contribution in [2.75, 3.05) is 0 Å². The van der Waals surface area contributed by atoms with Gasteiger partial charge in [0.05, 0.1) is 0 Å². The molecule has 1 rings (SSSR count). The maximum Gasteiger partial charge on any atom is 0.257 e. The van der Waals surface area contributed by atoms with E-state index in [1.165, 1.54) is 0 Å². The lowest BCUT2D eigenvalue weighted by atomic mass is 10.0. The van der Waals surface area contributed by atoms with Crippen molar-refractivity contribution in [1.82, 2.24) is 4.90 Å². The van der Waals surface area contributed by atoms with Gasteiger partial charge < -0.3 is 4.90 Å². The first-order chi connectivity index (χ1) is 6.99. The van der Waals surface area contributed by atoms with E-state index in [2.05, 4.69) is 0 Å². The third-order valence-corrected chi connectivity index (χ3v) is 3.59. The number of nitrogens with zero attached hydrogens (tertiary/aromatic N) is 1. The number of rotatable bonds is 3. The number of amides is 1. The third kappa shape index (κ3) is 2.50. The van der Waals surface area contributed by atoms with E-state index < -0.39 is 6.17 Å². The quantitative estimate of drug-likeness (QED) is 0.709.